The van der Waals surface area contributed by atoms with E-state index in [0.717, 1.165) is 18.5 Å². The summed E-state index contributed by atoms with van der Waals surface area (Å²) in [5, 5.41) is 2.81. The van der Waals surface area contributed by atoms with E-state index in [2.05, 4.69) is 36.5 Å². The number of anilines is 1. The van der Waals surface area contributed by atoms with Gasteiger partial charge in [-0.25, -0.2) is 4.79 Å². The minimum atomic E-state index is -0.508. The number of amides is 1. The number of fused-ring (bicyclic) bond motifs is 3. The largest absolute Gasteiger partial charge is 0.444 e. The van der Waals surface area contributed by atoms with Gasteiger partial charge in [-0.05, 0) is 73.6 Å². The maximum Gasteiger partial charge on any atom is 0.412 e. The van der Waals surface area contributed by atoms with E-state index in [-0.39, 0.29) is 6.04 Å². The Labute approximate surface area is 149 Å². The molecule has 1 atom stereocenters. The molecule has 3 N–H and O–H groups in total. The predicted octanol–water partition coefficient (Wildman–Crippen LogP) is 5.01. The van der Waals surface area contributed by atoms with Gasteiger partial charge in [0.15, 0.2) is 0 Å². The van der Waals surface area contributed by atoms with Crippen LogP contribution in [0, 0.1) is 0 Å². The second-order valence-electron chi connectivity index (χ2n) is 7.61. The van der Waals surface area contributed by atoms with Crippen LogP contribution in [0.2, 0.25) is 0 Å². The van der Waals surface area contributed by atoms with Gasteiger partial charge in [0.2, 0.25) is 0 Å². The molecule has 0 fully saturated rings. The summed E-state index contributed by atoms with van der Waals surface area (Å²) in [6.07, 6.45) is 1.35. The molecule has 4 nitrogen and oxygen atoms in total. The van der Waals surface area contributed by atoms with Crippen LogP contribution in [0.5, 0.6) is 0 Å². The summed E-state index contributed by atoms with van der Waals surface area (Å²) in [6, 6.07) is 12.6. The van der Waals surface area contributed by atoms with Crippen molar-refractivity contribution in [3.05, 3.63) is 53.1 Å². The number of nitrogens with two attached hydrogens (primary N) is 1. The van der Waals surface area contributed by atoms with Crippen LogP contribution in [-0.2, 0) is 11.2 Å². The molecular weight excluding hydrogens is 312 g/mol. The molecule has 0 radical (unpaired) electrons. The number of hydrogen-bond donors (Lipinski definition) is 2. The zero-order valence-electron chi connectivity index (χ0n) is 15.3. The lowest BCUT2D eigenvalue weighted by Crippen LogP contribution is -2.27. The van der Waals surface area contributed by atoms with E-state index in [4.69, 9.17) is 10.5 Å². The Hall–Kier alpha value is -2.33. The van der Waals surface area contributed by atoms with Gasteiger partial charge in [0.05, 0.1) is 0 Å². The normalized spacial score (nSPS) is 13.8. The SMILES string of the molecule is CCC(N)c1ccc2c(c1)Cc1cc(NC(=O)OC(C)(C)C)ccc1-2. The fraction of sp³-hybridized carbons (Fsp3) is 0.381. The summed E-state index contributed by atoms with van der Waals surface area (Å²) >= 11 is 0. The molecule has 0 saturated carbocycles. The molecule has 1 unspecified atom stereocenters. The summed E-state index contributed by atoms with van der Waals surface area (Å²) in [5.74, 6) is 0. The molecule has 0 aliphatic heterocycles. The van der Waals surface area contributed by atoms with Gasteiger partial charge in [0.25, 0.3) is 0 Å². The first-order valence-corrected chi connectivity index (χ1v) is 8.78. The van der Waals surface area contributed by atoms with Gasteiger partial charge < -0.3 is 10.5 Å². The molecule has 132 valence electrons. The minimum Gasteiger partial charge on any atom is -0.444 e. The second-order valence-corrected chi connectivity index (χ2v) is 7.61. The van der Waals surface area contributed by atoms with Gasteiger partial charge in [-0.2, -0.15) is 0 Å². The summed E-state index contributed by atoms with van der Waals surface area (Å²) in [5.41, 5.74) is 12.6. The first-order chi connectivity index (χ1) is 11.8. The molecule has 25 heavy (non-hydrogen) atoms. The van der Waals surface area contributed by atoms with Gasteiger partial charge in [0, 0.05) is 11.7 Å². The predicted molar refractivity (Wildman–Crippen MR) is 102 cm³/mol. The number of nitrogens with one attached hydrogen (secondary N) is 1. The Kier molecular flexibility index (Phi) is 4.56. The summed E-state index contributed by atoms with van der Waals surface area (Å²) in [6.45, 7) is 7.65. The average molecular weight is 338 g/mol. The molecule has 2 aromatic carbocycles. The molecule has 1 aliphatic carbocycles. The third kappa shape index (κ3) is 3.85. The lowest BCUT2D eigenvalue weighted by atomic mass is 9.99. The molecule has 0 saturated heterocycles. The van der Waals surface area contributed by atoms with Crippen molar-refractivity contribution in [3.8, 4) is 11.1 Å². The zero-order chi connectivity index (χ0) is 18.2. The molecule has 0 heterocycles. The molecule has 0 spiro atoms. The smallest absolute Gasteiger partial charge is 0.412 e. The fourth-order valence-electron chi connectivity index (χ4n) is 3.20. The van der Waals surface area contributed by atoms with Crippen LogP contribution >= 0.6 is 0 Å². The van der Waals surface area contributed by atoms with Crippen molar-refractivity contribution in [2.75, 3.05) is 5.32 Å². The van der Waals surface area contributed by atoms with Crippen LogP contribution in [0.25, 0.3) is 11.1 Å². The van der Waals surface area contributed by atoms with Crippen LogP contribution in [0.1, 0.15) is 56.8 Å². The van der Waals surface area contributed by atoms with Crippen molar-refractivity contribution in [2.24, 2.45) is 5.73 Å². The first-order valence-electron chi connectivity index (χ1n) is 8.78. The summed E-state index contributed by atoms with van der Waals surface area (Å²) in [7, 11) is 0. The molecule has 3 rings (SSSR count). The monoisotopic (exact) mass is 338 g/mol. The maximum absolute atomic E-state index is 12.0. The number of carbonyl (C=O) groups excluding carboxylic acids is 1. The van der Waals surface area contributed by atoms with E-state index in [1.165, 1.54) is 27.8 Å². The average Bonchev–Trinajstić information content (AvgIpc) is 2.88. The zero-order valence-corrected chi connectivity index (χ0v) is 15.3. The molecule has 4 heteroatoms. The van der Waals surface area contributed by atoms with Gasteiger partial charge in [0.1, 0.15) is 5.60 Å². The first kappa shape index (κ1) is 17.5. The number of ether oxygens (including phenoxy) is 1. The van der Waals surface area contributed by atoms with Crippen molar-refractivity contribution in [3.63, 3.8) is 0 Å². The van der Waals surface area contributed by atoms with Crippen molar-refractivity contribution in [2.45, 2.75) is 52.2 Å². The highest BCUT2D eigenvalue weighted by Crippen LogP contribution is 2.39. The highest BCUT2D eigenvalue weighted by molar-refractivity contribution is 5.87. The summed E-state index contributed by atoms with van der Waals surface area (Å²) in [4.78, 5) is 12.0. The molecule has 1 amide bonds. The molecule has 2 aromatic rings. The molecular formula is C21H26N2O2. The minimum absolute atomic E-state index is 0.0819. The van der Waals surface area contributed by atoms with Crippen molar-refractivity contribution in [1.29, 1.82) is 0 Å². The third-order valence-electron chi connectivity index (χ3n) is 4.42. The van der Waals surface area contributed by atoms with E-state index < -0.39 is 11.7 Å². The van der Waals surface area contributed by atoms with E-state index in [9.17, 15) is 4.79 Å². The number of benzene rings is 2. The number of carbonyl (C=O) groups is 1. The van der Waals surface area contributed by atoms with Gasteiger partial charge >= 0.3 is 6.09 Å². The van der Waals surface area contributed by atoms with Crippen molar-refractivity contribution >= 4 is 11.8 Å². The Morgan fingerprint density at radius 2 is 1.80 bits per heavy atom. The number of hydrogen-bond acceptors (Lipinski definition) is 3. The van der Waals surface area contributed by atoms with Crippen molar-refractivity contribution in [1.82, 2.24) is 0 Å². The van der Waals surface area contributed by atoms with E-state index in [1.807, 2.05) is 32.9 Å². The van der Waals surface area contributed by atoms with E-state index in [1.54, 1.807) is 0 Å². The Morgan fingerprint density at radius 1 is 1.16 bits per heavy atom. The Balaban J connectivity index is 1.80. The third-order valence-corrected chi connectivity index (χ3v) is 4.42. The Bertz CT molecular complexity index is 806. The van der Waals surface area contributed by atoms with E-state index in [0.29, 0.717) is 0 Å². The van der Waals surface area contributed by atoms with Gasteiger partial charge in [-0.3, -0.25) is 5.32 Å². The Morgan fingerprint density at radius 3 is 2.44 bits per heavy atom. The maximum atomic E-state index is 12.0. The van der Waals surface area contributed by atoms with E-state index >= 15 is 0 Å². The molecule has 0 bridgehead atoms. The fourth-order valence-corrected chi connectivity index (χ4v) is 3.20. The van der Waals surface area contributed by atoms with Crippen LogP contribution in [0.4, 0.5) is 10.5 Å². The number of rotatable bonds is 3. The summed E-state index contributed by atoms with van der Waals surface area (Å²) < 4.78 is 5.31. The second kappa shape index (κ2) is 6.52. The van der Waals surface area contributed by atoms with Crippen LogP contribution in [-0.4, -0.2) is 11.7 Å². The van der Waals surface area contributed by atoms with Crippen LogP contribution in [0.3, 0.4) is 0 Å². The topological polar surface area (TPSA) is 64.3 Å². The standard InChI is InChI=1S/C21H26N2O2/c1-5-19(22)13-6-8-17-14(10-13)11-15-12-16(7-9-18(15)17)23-20(24)25-21(2,3)4/h6-10,12,19H,5,11,22H2,1-4H3,(H,23,24). The van der Waals surface area contributed by atoms with Crippen LogP contribution < -0.4 is 11.1 Å². The lowest BCUT2D eigenvalue weighted by Gasteiger charge is -2.19. The van der Waals surface area contributed by atoms with Gasteiger partial charge in [-0.15, -0.1) is 0 Å². The molecule has 1 aliphatic rings. The molecule has 0 aromatic heterocycles. The quantitative estimate of drug-likeness (QED) is 0.705. The van der Waals surface area contributed by atoms with Crippen LogP contribution in [0.15, 0.2) is 36.4 Å². The highest BCUT2D eigenvalue weighted by Gasteiger charge is 2.21. The van der Waals surface area contributed by atoms with Crippen molar-refractivity contribution < 1.29 is 9.53 Å². The highest BCUT2D eigenvalue weighted by atomic mass is 16.6. The van der Waals surface area contributed by atoms with Gasteiger partial charge in [-0.1, -0.05) is 31.2 Å². The lowest BCUT2D eigenvalue weighted by molar-refractivity contribution is 0.0636.